The molecule has 1 aliphatic heterocycles. The molecular formula is C16H22F3N3O2. The zero-order valence-corrected chi connectivity index (χ0v) is 13.2. The number of aliphatic hydroxyl groups is 1. The van der Waals surface area contributed by atoms with Crippen molar-refractivity contribution in [3.63, 3.8) is 0 Å². The summed E-state index contributed by atoms with van der Waals surface area (Å²) in [5.74, 6) is 2.42. The summed E-state index contributed by atoms with van der Waals surface area (Å²) in [6.45, 7) is 1.49. The van der Waals surface area contributed by atoms with E-state index in [4.69, 9.17) is 5.84 Å². The molecule has 134 valence electrons. The maximum Gasteiger partial charge on any atom is 0.390 e. The number of rotatable bonds is 5. The molecule has 1 saturated heterocycles. The van der Waals surface area contributed by atoms with E-state index in [2.05, 4.69) is 4.90 Å². The number of carbonyl (C=O) groups is 1. The van der Waals surface area contributed by atoms with Gasteiger partial charge in [-0.05, 0) is 18.4 Å². The van der Waals surface area contributed by atoms with Crippen LogP contribution < -0.4 is 11.3 Å². The molecule has 1 atom stereocenters. The first kappa shape index (κ1) is 18.7. The number of halogens is 3. The SMILES string of the molecule is NNC(=O)C(CC(F)(F)F)C1(O)CCN(Cc2ccccc2)CC1. The van der Waals surface area contributed by atoms with Crippen LogP contribution in [0.3, 0.4) is 0 Å². The molecule has 0 radical (unpaired) electrons. The van der Waals surface area contributed by atoms with Crippen LogP contribution in [0.1, 0.15) is 24.8 Å². The van der Waals surface area contributed by atoms with Gasteiger partial charge in [-0.2, -0.15) is 13.2 Å². The second kappa shape index (κ2) is 7.50. The van der Waals surface area contributed by atoms with Crippen molar-refractivity contribution in [1.29, 1.82) is 0 Å². The van der Waals surface area contributed by atoms with Crippen molar-refractivity contribution in [2.24, 2.45) is 11.8 Å². The maximum absolute atomic E-state index is 12.7. The molecule has 1 amide bonds. The molecule has 5 nitrogen and oxygen atoms in total. The molecule has 0 spiro atoms. The van der Waals surface area contributed by atoms with Crippen LogP contribution in [-0.4, -0.2) is 40.8 Å². The van der Waals surface area contributed by atoms with E-state index in [1.807, 2.05) is 30.3 Å². The lowest BCUT2D eigenvalue weighted by Gasteiger charge is -2.42. The lowest BCUT2D eigenvalue weighted by Crippen LogP contribution is -2.55. The summed E-state index contributed by atoms with van der Waals surface area (Å²) in [5.41, 5.74) is 1.14. The first-order valence-electron chi connectivity index (χ1n) is 7.79. The number of hydrogen-bond donors (Lipinski definition) is 3. The highest BCUT2D eigenvalue weighted by Crippen LogP contribution is 2.37. The van der Waals surface area contributed by atoms with E-state index in [1.54, 1.807) is 5.43 Å². The molecule has 1 aliphatic rings. The van der Waals surface area contributed by atoms with Crippen molar-refractivity contribution in [2.45, 2.75) is 37.6 Å². The van der Waals surface area contributed by atoms with E-state index in [9.17, 15) is 23.1 Å². The third-order valence-corrected chi connectivity index (χ3v) is 4.51. The number of likely N-dealkylation sites (tertiary alicyclic amines) is 1. The molecular weight excluding hydrogens is 323 g/mol. The Balaban J connectivity index is 2.01. The van der Waals surface area contributed by atoms with Crippen molar-refractivity contribution >= 4 is 5.91 Å². The van der Waals surface area contributed by atoms with Gasteiger partial charge in [-0.25, -0.2) is 5.84 Å². The second-order valence-corrected chi connectivity index (χ2v) is 6.25. The molecule has 1 fully saturated rings. The summed E-state index contributed by atoms with van der Waals surface area (Å²) < 4.78 is 38.2. The number of nitrogens with one attached hydrogen (secondary N) is 1. The molecule has 1 aromatic rings. The third-order valence-electron chi connectivity index (χ3n) is 4.51. The molecule has 1 aromatic carbocycles. The van der Waals surface area contributed by atoms with Gasteiger partial charge in [0.25, 0.3) is 0 Å². The minimum Gasteiger partial charge on any atom is -0.389 e. The number of hydrazine groups is 1. The summed E-state index contributed by atoms with van der Waals surface area (Å²) in [6, 6.07) is 9.68. The van der Waals surface area contributed by atoms with Crippen molar-refractivity contribution in [3.8, 4) is 0 Å². The van der Waals surface area contributed by atoms with Crippen molar-refractivity contribution in [2.75, 3.05) is 13.1 Å². The van der Waals surface area contributed by atoms with Crippen LogP contribution >= 0.6 is 0 Å². The minimum atomic E-state index is -4.55. The van der Waals surface area contributed by atoms with Crippen molar-refractivity contribution in [3.05, 3.63) is 35.9 Å². The van der Waals surface area contributed by atoms with Crippen LogP contribution in [0.25, 0.3) is 0 Å². The van der Waals surface area contributed by atoms with Crippen LogP contribution in [0.2, 0.25) is 0 Å². The molecule has 24 heavy (non-hydrogen) atoms. The average molecular weight is 345 g/mol. The Morgan fingerprint density at radius 1 is 1.29 bits per heavy atom. The topological polar surface area (TPSA) is 78.6 Å². The van der Waals surface area contributed by atoms with E-state index in [1.165, 1.54) is 0 Å². The molecule has 1 unspecified atom stereocenters. The standard InChI is InChI=1S/C16H22F3N3O2/c17-16(18,19)10-13(14(23)21-20)15(24)6-8-22(9-7-15)11-12-4-2-1-3-5-12/h1-5,13,24H,6-11,20H2,(H,21,23). The number of benzene rings is 1. The van der Waals surface area contributed by atoms with Gasteiger partial charge in [0, 0.05) is 19.6 Å². The zero-order chi connectivity index (χ0) is 17.8. The number of amides is 1. The Kier molecular flexibility index (Phi) is 5.84. The van der Waals surface area contributed by atoms with Gasteiger partial charge in [-0.1, -0.05) is 30.3 Å². The molecule has 0 aliphatic carbocycles. The molecule has 0 aromatic heterocycles. The van der Waals surface area contributed by atoms with Crippen molar-refractivity contribution < 1.29 is 23.1 Å². The summed E-state index contributed by atoms with van der Waals surface area (Å²) in [4.78, 5) is 13.8. The molecule has 8 heteroatoms. The first-order chi connectivity index (χ1) is 11.2. The Hall–Kier alpha value is -1.64. The normalized spacial score (nSPS) is 19.7. The Bertz CT molecular complexity index is 543. The molecule has 1 heterocycles. The van der Waals surface area contributed by atoms with Gasteiger partial charge in [0.15, 0.2) is 0 Å². The largest absolute Gasteiger partial charge is 0.390 e. The van der Waals surface area contributed by atoms with Gasteiger partial charge < -0.3 is 5.11 Å². The fourth-order valence-corrected chi connectivity index (χ4v) is 3.15. The summed E-state index contributed by atoms with van der Waals surface area (Å²) in [6.07, 6.45) is -5.75. The van der Waals surface area contributed by atoms with E-state index in [0.717, 1.165) is 5.56 Å². The molecule has 2 rings (SSSR count). The predicted octanol–water partition coefficient (Wildman–Crippen LogP) is 1.57. The van der Waals surface area contributed by atoms with Crippen LogP contribution in [0.4, 0.5) is 13.2 Å². The van der Waals surface area contributed by atoms with Gasteiger partial charge in [0.2, 0.25) is 5.91 Å². The Morgan fingerprint density at radius 3 is 2.38 bits per heavy atom. The average Bonchev–Trinajstić information content (AvgIpc) is 2.54. The maximum atomic E-state index is 12.7. The number of alkyl halides is 3. The highest BCUT2D eigenvalue weighted by Gasteiger charge is 2.48. The number of carbonyl (C=O) groups excluding carboxylic acids is 1. The highest BCUT2D eigenvalue weighted by atomic mass is 19.4. The fourth-order valence-electron chi connectivity index (χ4n) is 3.15. The predicted molar refractivity (Wildman–Crippen MR) is 82.4 cm³/mol. The second-order valence-electron chi connectivity index (χ2n) is 6.25. The molecule has 0 bridgehead atoms. The van der Waals surface area contributed by atoms with Crippen molar-refractivity contribution in [1.82, 2.24) is 10.3 Å². The Morgan fingerprint density at radius 2 is 1.88 bits per heavy atom. The number of nitrogens with two attached hydrogens (primary N) is 1. The number of hydrogen-bond acceptors (Lipinski definition) is 4. The molecule has 4 N–H and O–H groups in total. The van der Waals surface area contributed by atoms with Gasteiger partial charge in [0.05, 0.1) is 17.9 Å². The quantitative estimate of drug-likeness (QED) is 0.430. The van der Waals surface area contributed by atoms with E-state index in [-0.39, 0.29) is 12.8 Å². The fraction of sp³-hybridized carbons (Fsp3) is 0.562. The van der Waals surface area contributed by atoms with E-state index < -0.39 is 30.0 Å². The highest BCUT2D eigenvalue weighted by molar-refractivity contribution is 5.79. The van der Waals surface area contributed by atoms with Crippen LogP contribution in [0.5, 0.6) is 0 Å². The van der Waals surface area contributed by atoms with Gasteiger partial charge in [0.1, 0.15) is 0 Å². The number of nitrogens with zero attached hydrogens (tertiary/aromatic N) is 1. The van der Waals surface area contributed by atoms with Gasteiger partial charge >= 0.3 is 6.18 Å². The minimum absolute atomic E-state index is 0.0913. The first-order valence-corrected chi connectivity index (χ1v) is 7.79. The van der Waals surface area contributed by atoms with Crippen LogP contribution in [0, 0.1) is 5.92 Å². The summed E-state index contributed by atoms with van der Waals surface area (Å²) in [5, 5.41) is 10.6. The van der Waals surface area contributed by atoms with Crippen LogP contribution in [-0.2, 0) is 11.3 Å². The monoisotopic (exact) mass is 345 g/mol. The smallest absolute Gasteiger partial charge is 0.389 e. The molecule has 0 saturated carbocycles. The van der Waals surface area contributed by atoms with Gasteiger partial charge in [-0.3, -0.25) is 15.1 Å². The lowest BCUT2D eigenvalue weighted by atomic mass is 9.77. The van der Waals surface area contributed by atoms with Crippen LogP contribution in [0.15, 0.2) is 30.3 Å². The summed E-state index contributed by atoms with van der Waals surface area (Å²) in [7, 11) is 0. The Labute approximate surface area is 138 Å². The number of piperidine rings is 1. The van der Waals surface area contributed by atoms with Gasteiger partial charge in [-0.15, -0.1) is 0 Å². The lowest BCUT2D eigenvalue weighted by molar-refractivity contribution is -0.179. The zero-order valence-electron chi connectivity index (χ0n) is 13.2. The van der Waals surface area contributed by atoms with E-state index in [0.29, 0.717) is 19.6 Å². The third kappa shape index (κ3) is 4.93. The summed E-state index contributed by atoms with van der Waals surface area (Å²) >= 11 is 0. The van der Waals surface area contributed by atoms with E-state index >= 15 is 0 Å².